The topological polar surface area (TPSA) is 134 Å². The molecule has 0 saturated heterocycles. The number of ether oxygens (including phenoxy) is 2. The fourth-order valence-corrected chi connectivity index (χ4v) is 4.63. The Morgan fingerprint density at radius 1 is 0.744 bits per heavy atom. The number of carbonyl (C=O) groups excluding carboxylic acids is 2. The van der Waals surface area contributed by atoms with E-state index in [9.17, 15) is 19.0 Å². The SMILES string of the molecule is CCC/C=C\CCCCCCCC(=O)OC(COC(=O)CCCCCCCCCC)COP(=O)(O)OCCN. The molecule has 2 atom stereocenters. The first-order valence-electron chi connectivity index (χ1n) is 15.2. The van der Waals surface area contributed by atoms with E-state index in [2.05, 4.69) is 26.0 Å². The molecule has 0 fully saturated rings. The lowest BCUT2D eigenvalue weighted by Crippen LogP contribution is -2.29. The average Bonchev–Trinajstić information content (AvgIpc) is 2.91. The van der Waals surface area contributed by atoms with Crippen LogP contribution < -0.4 is 5.73 Å². The maximum Gasteiger partial charge on any atom is 0.472 e. The van der Waals surface area contributed by atoms with Crippen LogP contribution in [0.25, 0.3) is 0 Å². The number of phosphoric ester groups is 1. The van der Waals surface area contributed by atoms with Crippen LogP contribution in [0.2, 0.25) is 0 Å². The smallest absolute Gasteiger partial charge is 0.462 e. The number of rotatable bonds is 28. The van der Waals surface area contributed by atoms with Gasteiger partial charge in [0.05, 0.1) is 13.2 Å². The van der Waals surface area contributed by atoms with Gasteiger partial charge in [0, 0.05) is 19.4 Å². The average molecular weight is 578 g/mol. The van der Waals surface area contributed by atoms with Crippen molar-refractivity contribution >= 4 is 19.8 Å². The number of allylic oxidation sites excluding steroid dienone is 2. The van der Waals surface area contributed by atoms with Crippen molar-refractivity contribution < 1.29 is 37.6 Å². The Labute approximate surface area is 237 Å². The molecule has 0 rings (SSSR count). The van der Waals surface area contributed by atoms with E-state index in [1.54, 1.807) is 0 Å². The molecule has 39 heavy (non-hydrogen) atoms. The highest BCUT2D eigenvalue weighted by Gasteiger charge is 2.25. The first-order chi connectivity index (χ1) is 18.8. The Kier molecular flexibility index (Phi) is 26.1. The van der Waals surface area contributed by atoms with Gasteiger partial charge in [-0.1, -0.05) is 96.6 Å². The number of esters is 2. The summed E-state index contributed by atoms with van der Waals surface area (Å²) < 4.78 is 32.3. The lowest BCUT2D eigenvalue weighted by molar-refractivity contribution is -0.161. The van der Waals surface area contributed by atoms with Gasteiger partial charge in [-0.3, -0.25) is 18.6 Å². The maximum absolute atomic E-state index is 12.4. The molecule has 0 amide bonds. The minimum absolute atomic E-state index is 0.0538. The van der Waals surface area contributed by atoms with Crippen molar-refractivity contribution in [3.63, 3.8) is 0 Å². The van der Waals surface area contributed by atoms with Crippen LogP contribution in [0.4, 0.5) is 0 Å². The predicted octanol–water partition coefficient (Wildman–Crippen LogP) is 7.15. The molecular weight excluding hydrogens is 521 g/mol. The second-order valence-corrected chi connectivity index (χ2v) is 11.4. The molecule has 0 aromatic carbocycles. The Morgan fingerprint density at radius 3 is 1.92 bits per heavy atom. The lowest BCUT2D eigenvalue weighted by atomic mass is 10.1. The van der Waals surface area contributed by atoms with Crippen molar-refractivity contribution in [2.45, 2.75) is 136 Å². The molecule has 0 aliphatic rings. The third-order valence-electron chi connectivity index (χ3n) is 6.13. The molecule has 2 unspecified atom stereocenters. The highest BCUT2D eigenvalue weighted by molar-refractivity contribution is 7.47. The second-order valence-electron chi connectivity index (χ2n) is 9.97. The van der Waals surface area contributed by atoms with Crippen LogP contribution in [0, 0.1) is 0 Å². The molecule has 0 aromatic rings. The van der Waals surface area contributed by atoms with Crippen LogP contribution >= 0.6 is 7.82 Å². The Bertz CT molecular complexity index is 674. The minimum atomic E-state index is -4.35. The van der Waals surface area contributed by atoms with E-state index in [1.807, 2.05) is 0 Å². The third kappa shape index (κ3) is 26.7. The number of carbonyl (C=O) groups is 2. The van der Waals surface area contributed by atoms with Crippen molar-refractivity contribution in [2.75, 3.05) is 26.4 Å². The molecule has 0 aliphatic heterocycles. The van der Waals surface area contributed by atoms with E-state index in [0.29, 0.717) is 6.42 Å². The number of phosphoric acid groups is 1. The van der Waals surface area contributed by atoms with E-state index >= 15 is 0 Å². The predicted molar refractivity (Wildman–Crippen MR) is 155 cm³/mol. The highest BCUT2D eigenvalue weighted by Crippen LogP contribution is 2.43. The van der Waals surface area contributed by atoms with Crippen LogP contribution in [0.5, 0.6) is 0 Å². The van der Waals surface area contributed by atoms with Gasteiger partial charge in [0.1, 0.15) is 6.61 Å². The van der Waals surface area contributed by atoms with E-state index in [0.717, 1.165) is 57.8 Å². The molecule has 0 aliphatic carbocycles. The molecule has 230 valence electrons. The molecule has 0 aromatic heterocycles. The van der Waals surface area contributed by atoms with Gasteiger partial charge in [-0.15, -0.1) is 0 Å². The third-order valence-corrected chi connectivity index (χ3v) is 7.12. The fraction of sp³-hybridized carbons (Fsp3) is 0.862. The van der Waals surface area contributed by atoms with Crippen molar-refractivity contribution in [1.29, 1.82) is 0 Å². The zero-order valence-electron chi connectivity index (χ0n) is 24.6. The van der Waals surface area contributed by atoms with Gasteiger partial charge in [0.25, 0.3) is 0 Å². The second kappa shape index (κ2) is 26.9. The number of unbranched alkanes of at least 4 members (excludes halogenated alkanes) is 13. The number of hydrogen-bond acceptors (Lipinski definition) is 8. The van der Waals surface area contributed by atoms with E-state index < -0.39 is 32.5 Å². The summed E-state index contributed by atoms with van der Waals surface area (Å²) in [5, 5.41) is 0. The molecule has 0 radical (unpaired) electrons. The normalized spacial score (nSPS) is 13.8. The Hall–Kier alpha value is -1.25. The van der Waals surface area contributed by atoms with Crippen LogP contribution in [-0.2, 0) is 32.7 Å². The largest absolute Gasteiger partial charge is 0.472 e. The summed E-state index contributed by atoms with van der Waals surface area (Å²) in [6, 6.07) is 0. The fourth-order valence-electron chi connectivity index (χ4n) is 3.87. The summed E-state index contributed by atoms with van der Waals surface area (Å²) in [6.07, 6.45) is 21.2. The summed E-state index contributed by atoms with van der Waals surface area (Å²) in [7, 11) is -4.35. The van der Waals surface area contributed by atoms with Gasteiger partial charge in [-0.05, 0) is 32.1 Å². The van der Waals surface area contributed by atoms with Gasteiger partial charge >= 0.3 is 19.8 Å². The van der Waals surface area contributed by atoms with Gasteiger partial charge < -0.3 is 20.1 Å². The Morgan fingerprint density at radius 2 is 1.31 bits per heavy atom. The highest BCUT2D eigenvalue weighted by atomic mass is 31.2. The minimum Gasteiger partial charge on any atom is -0.462 e. The van der Waals surface area contributed by atoms with Crippen LogP contribution in [0.3, 0.4) is 0 Å². The first kappa shape index (κ1) is 37.8. The summed E-state index contributed by atoms with van der Waals surface area (Å²) in [4.78, 5) is 34.3. The van der Waals surface area contributed by atoms with Crippen molar-refractivity contribution in [3.8, 4) is 0 Å². The molecule has 0 saturated carbocycles. The molecule has 10 heteroatoms. The van der Waals surface area contributed by atoms with E-state index in [1.165, 1.54) is 38.5 Å². The van der Waals surface area contributed by atoms with Gasteiger partial charge in [0.2, 0.25) is 0 Å². The summed E-state index contributed by atoms with van der Waals surface area (Å²) in [6.45, 7) is 3.58. The summed E-state index contributed by atoms with van der Waals surface area (Å²) in [5.74, 6) is -0.848. The standard InChI is InChI=1S/C29H56NO8P/c1-3-5-7-9-11-13-14-16-18-20-22-29(32)38-27(26-37-39(33,34)36-24-23-30)25-35-28(31)21-19-17-15-12-10-8-6-4-2/h7,9,27H,3-6,8,10-26,30H2,1-2H3,(H,33,34)/b9-7-. The molecule has 0 bridgehead atoms. The monoisotopic (exact) mass is 577 g/mol. The lowest BCUT2D eigenvalue weighted by Gasteiger charge is -2.19. The van der Waals surface area contributed by atoms with Crippen molar-refractivity contribution in [3.05, 3.63) is 12.2 Å². The molecule has 9 nitrogen and oxygen atoms in total. The van der Waals surface area contributed by atoms with E-state index in [-0.39, 0.29) is 32.6 Å². The van der Waals surface area contributed by atoms with Crippen molar-refractivity contribution in [2.24, 2.45) is 5.73 Å². The molecular formula is C29H56NO8P. The first-order valence-corrected chi connectivity index (χ1v) is 16.7. The zero-order valence-corrected chi connectivity index (χ0v) is 25.5. The van der Waals surface area contributed by atoms with Crippen molar-refractivity contribution in [1.82, 2.24) is 0 Å². The maximum atomic E-state index is 12.4. The number of nitrogens with two attached hydrogens (primary N) is 1. The molecule has 0 spiro atoms. The van der Waals surface area contributed by atoms with E-state index in [4.69, 9.17) is 24.3 Å². The quantitative estimate of drug-likeness (QED) is 0.0430. The number of hydrogen-bond donors (Lipinski definition) is 2. The van der Waals surface area contributed by atoms with Crippen LogP contribution in [0.15, 0.2) is 12.2 Å². The Balaban J connectivity index is 4.37. The zero-order chi connectivity index (χ0) is 29.0. The summed E-state index contributed by atoms with van der Waals surface area (Å²) in [5.41, 5.74) is 5.29. The van der Waals surface area contributed by atoms with Crippen LogP contribution in [-0.4, -0.2) is 49.3 Å². The van der Waals surface area contributed by atoms with Gasteiger partial charge in [0.15, 0.2) is 6.10 Å². The molecule has 0 heterocycles. The van der Waals surface area contributed by atoms with Gasteiger partial charge in [-0.25, -0.2) is 4.57 Å². The molecule has 3 N–H and O–H groups in total. The van der Waals surface area contributed by atoms with Gasteiger partial charge in [-0.2, -0.15) is 0 Å². The summed E-state index contributed by atoms with van der Waals surface area (Å²) >= 11 is 0. The van der Waals surface area contributed by atoms with Crippen LogP contribution in [0.1, 0.15) is 129 Å².